The van der Waals surface area contributed by atoms with E-state index in [1.807, 2.05) is 19.2 Å². The fourth-order valence-electron chi connectivity index (χ4n) is 3.71. The summed E-state index contributed by atoms with van der Waals surface area (Å²) in [6.07, 6.45) is -2.45. The topological polar surface area (TPSA) is 73.1 Å². The number of tetrazole rings is 1. The molecule has 1 fully saturated rings. The Morgan fingerprint density at radius 1 is 1.06 bits per heavy atom. The van der Waals surface area contributed by atoms with Crippen molar-refractivity contribution in [2.24, 2.45) is 13.0 Å². The van der Waals surface area contributed by atoms with Crippen LogP contribution < -0.4 is 4.74 Å². The van der Waals surface area contributed by atoms with E-state index in [-0.39, 0.29) is 6.09 Å². The highest BCUT2D eigenvalue weighted by Crippen LogP contribution is 2.29. The molecule has 4 rings (SSSR count). The fourth-order valence-corrected chi connectivity index (χ4v) is 4.74. The van der Waals surface area contributed by atoms with Gasteiger partial charge in [0.1, 0.15) is 5.75 Å². The minimum atomic E-state index is -4.34. The highest BCUT2D eigenvalue weighted by atomic mass is 32.2. The molecule has 7 nitrogen and oxygen atoms in total. The molecule has 0 radical (unpaired) electrons. The predicted molar refractivity (Wildman–Crippen MR) is 121 cm³/mol. The van der Waals surface area contributed by atoms with Gasteiger partial charge in [-0.25, -0.2) is 9.48 Å². The number of amides is 1. The molecule has 11 heteroatoms. The molecule has 1 aliphatic heterocycles. The highest BCUT2D eigenvalue weighted by Gasteiger charge is 2.30. The number of piperidine rings is 1. The molecule has 1 aliphatic rings. The molecular weight excluding hydrogens is 467 g/mol. The first kappa shape index (κ1) is 24.1. The van der Waals surface area contributed by atoms with Crippen molar-refractivity contribution in [3.8, 4) is 5.75 Å². The number of rotatable bonds is 6. The second kappa shape index (κ2) is 10.5. The van der Waals surface area contributed by atoms with Crippen molar-refractivity contribution in [3.05, 3.63) is 65.2 Å². The van der Waals surface area contributed by atoms with Crippen LogP contribution in [0, 0.1) is 5.92 Å². The van der Waals surface area contributed by atoms with E-state index in [9.17, 15) is 18.0 Å². The van der Waals surface area contributed by atoms with Crippen LogP contribution in [0.25, 0.3) is 0 Å². The number of likely N-dealkylation sites (tertiary alicyclic amines) is 1. The van der Waals surface area contributed by atoms with E-state index in [4.69, 9.17) is 4.74 Å². The Bertz CT molecular complexity index is 1100. The lowest BCUT2D eigenvalue weighted by Crippen LogP contribution is -2.40. The molecule has 180 valence electrons. The summed E-state index contributed by atoms with van der Waals surface area (Å²) in [6, 6.07) is 12.1. The summed E-state index contributed by atoms with van der Waals surface area (Å²) in [5, 5.41) is 12.2. The number of nitrogens with zero attached hydrogens (tertiary/aromatic N) is 5. The average Bonchev–Trinajstić information content (AvgIpc) is 3.23. The average molecular weight is 492 g/mol. The molecule has 0 bridgehead atoms. The van der Waals surface area contributed by atoms with E-state index in [2.05, 4.69) is 15.5 Å². The minimum absolute atomic E-state index is 0.376. The molecular formula is C23H24F3N5O2S. The fraction of sp³-hybridized carbons (Fsp3) is 0.391. The third kappa shape index (κ3) is 6.28. The lowest BCUT2D eigenvalue weighted by atomic mass is 9.99. The van der Waals surface area contributed by atoms with Gasteiger partial charge in [-0.3, -0.25) is 0 Å². The number of thioether (sulfide) groups is 1. The monoisotopic (exact) mass is 491 g/mol. The molecule has 0 saturated carbocycles. The van der Waals surface area contributed by atoms with Crippen molar-refractivity contribution in [1.82, 2.24) is 25.1 Å². The van der Waals surface area contributed by atoms with E-state index in [1.54, 1.807) is 33.5 Å². The number of hydrogen-bond donors (Lipinski definition) is 0. The normalized spacial score (nSPS) is 14.9. The summed E-state index contributed by atoms with van der Waals surface area (Å²) >= 11 is 1.62. The summed E-state index contributed by atoms with van der Waals surface area (Å²) in [6.45, 7) is 1.26. The van der Waals surface area contributed by atoms with Crippen molar-refractivity contribution in [2.45, 2.75) is 30.6 Å². The van der Waals surface area contributed by atoms with Crippen LogP contribution in [-0.4, -0.2) is 50.0 Å². The Morgan fingerprint density at radius 2 is 1.68 bits per heavy atom. The van der Waals surface area contributed by atoms with Gasteiger partial charge < -0.3 is 9.64 Å². The largest absolute Gasteiger partial charge is 0.416 e. The number of benzene rings is 2. The van der Waals surface area contributed by atoms with Gasteiger partial charge in [0, 0.05) is 25.9 Å². The SMILES string of the molecule is Cn1nnnc1SCC1CCN(C(=O)Oc2ccc(Cc3ccc(C(F)(F)F)cc3)cc2)CC1. The first-order chi connectivity index (χ1) is 16.3. The zero-order valence-electron chi connectivity index (χ0n) is 18.5. The van der Waals surface area contributed by atoms with Crippen LogP contribution in [0.1, 0.15) is 29.5 Å². The van der Waals surface area contributed by atoms with Crippen LogP contribution in [0.3, 0.4) is 0 Å². The molecule has 1 amide bonds. The Balaban J connectivity index is 1.23. The quantitative estimate of drug-likeness (QED) is 0.460. The predicted octanol–water partition coefficient (Wildman–Crippen LogP) is 4.82. The number of carbonyl (C=O) groups excluding carboxylic acids is 1. The number of ether oxygens (including phenoxy) is 1. The number of aromatic nitrogens is 4. The zero-order chi connectivity index (χ0) is 24.1. The summed E-state index contributed by atoms with van der Waals surface area (Å²) in [5.74, 6) is 1.82. The number of carbonyl (C=O) groups is 1. The first-order valence-corrected chi connectivity index (χ1v) is 11.8. The van der Waals surface area contributed by atoms with Gasteiger partial charge in [-0.05, 0) is 71.0 Å². The van der Waals surface area contributed by atoms with Gasteiger partial charge in [-0.15, -0.1) is 5.10 Å². The number of halogens is 3. The summed E-state index contributed by atoms with van der Waals surface area (Å²) in [7, 11) is 1.81. The summed E-state index contributed by atoms with van der Waals surface area (Å²) in [4.78, 5) is 14.2. The molecule has 34 heavy (non-hydrogen) atoms. The number of alkyl halides is 3. The smallest absolute Gasteiger partial charge is 0.410 e. The Morgan fingerprint density at radius 3 is 2.24 bits per heavy atom. The van der Waals surface area contributed by atoms with Gasteiger partial charge in [-0.2, -0.15) is 13.2 Å². The van der Waals surface area contributed by atoms with E-state index < -0.39 is 11.7 Å². The maximum atomic E-state index is 12.7. The standard InChI is InChI=1S/C23H24F3N5O2S/c1-30-21(27-28-29-30)34-15-18-10-12-31(13-11-18)22(32)33-20-8-4-17(5-9-20)14-16-2-6-19(7-3-16)23(24,25)26/h2-9,18H,10-15H2,1H3. The second-order valence-corrected chi connectivity index (χ2v) is 9.20. The molecule has 0 N–H and O–H groups in total. The van der Waals surface area contributed by atoms with Crippen LogP contribution in [0.15, 0.2) is 53.7 Å². The third-order valence-corrected chi connectivity index (χ3v) is 6.96. The summed E-state index contributed by atoms with van der Waals surface area (Å²) < 4.78 is 45.2. The third-order valence-electron chi connectivity index (χ3n) is 5.72. The summed E-state index contributed by atoms with van der Waals surface area (Å²) in [5.41, 5.74) is 1.02. The number of hydrogen-bond acceptors (Lipinski definition) is 6. The van der Waals surface area contributed by atoms with Crippen LogP contribution in [0.2, 0.25) is 0 Å². The minimum Gasteiger partial charge on any atom is -0.410 e. The van der Waals surface area contributed by atoms with Crippen molar-refractivity contribution < 1.29 is 22.7 Å². The van der Waals surface area contributed by atoms with Crippen LogP contribution >= 0.6 is 11.8 Å². The Kier molecular flexibility index (Phi) is 7.40. The highest BCUT2D eigenvalue weighted by molar-refractivity contribution is 7.99. The molecule has 3 aromatic rings. The van der Waals surface area contributed by atoms with E-state index >= 15 is 0 Å². The van der Waals surface area contributed by atoms with Crippen LogP contribution in [0.5, 0.6) is 5.75 Å². The van der Waals surface area contributed by atoms with Gasteiger partial charge in [-0.1, -0.05) is 36.0 Å². The molecule has 0 atom stereocenters. The maximum absolute atomic E-state index is 12.7. The van der Waals surface area contributed by atoms with E-state index in [0.717, 1.165) is 47.0 Å². The number of aryl methyl sites for hydroxylation is 1. The molecule has 0 aliphatic carbocycles. The molecule has 0 spiro atoms. The van der Waals surface area contributed by atoms with Crippen molar-refractivity contribution >= 4 is 17.9 Å². The van der Waals surface area contributed by atoms with Crippen LogP contribution in [-0.2, 0) is 19.6 Å². The first-order valence-electron chi connectivity index (χ1n) is 10.8. The molecule has 1 aromatic heterocycles. The van der Waals surface area contributed by atoms with Gasteiger partial charge in [0.2, 0.25) is 5.16 Å². The van der Waals surface area contributed by atoms with Crippen molar-refractivity contribution in [3.63, 3.8) is 0 Å². The molecule has 2 heterocycles. The van der Waals surface area contributed by atoms with Crippen molar-refractivity contribution in [2.75, 3.05) is 18.8 Å². The lowest BCUT2D eigenvalue weighted by Gasteiger charge is -2.30. The molecule has 1 saturated heterocycles. The van der Waals surface area contributed by atoms with E-state index in [0.29, 0.717) is 31.2 Å². The Labute approximate surface area is 199 Å². The van der Waals surface area contributed by atoms with E-state index in [1.165, 1.54) is 12.1 Å². The lowest BCUT2D eigenvalue weighted by molar-refractivity contribution is -0.137. The zero-order valence-corrected chi connectivity index (χ0v) is 19.3. The Hall–Kier alpha value is -3.08. The van der Waals surface area contributed by atoms with Crippen LogP contribution in [0.4, 0.5) is 18.0 Å². The van der Waals surface area contributed by atoms with Crippen molar-refractivity contribution in [1.29, 1.82) is 0 Å². The van der Waals surface area contributed by atoms with Gasteiger partial charge in [0.15, 0.2) is 0 Å². The molecule has 2 aromatic carbocycles. The maximum Gasteiger partial charge on any atom is 0.416 e. The van der Waals surface area contributed by atoms with Gasteiger partial charge in [0.05, 0.1) is 5.56 Å². The molecule has 0 unspecified atom stereocenters. The van der Waals surface area contributed by atoms with Gasteiger partial charge in [0.25, 0.3) is 0 Å². The second-order valence-electron chi connectivity index (χ2n) is 8.21. The van der Waals surface area contributed by atoms with Gasteiger partial charge >= 0.3 is 12.3 Å².